The number of hydrogen-bond donors (Lipinski definition) is 0. The second-order valence-electron chi connectivity index (χ2n) is 16.0. The largest absolute Gasteiger partial charge is 0.455 e. The van der Waals surface area contributed by atoms with Gasteiger partial charge in [-0.25, -0.2) is 0 Å². The van der Waals surface area contributed by atoms with E-state index < -0.39 is 5.41 Å². The molecular weight excluding hydrogens is 715 g/mol. The van der Waals surface area contributed by atoms with Crippen LogP contribution in [0.3, 0.4) is 0 Å². The Morgan fingerprint density at radius 3 is 1.69 bits per heavy atom. The maximum absolute atomic E-state index is 6.86. The number of hydrogen-bond acceptors (Lipinski definition) is 2. The first-order valence-corrected chi connectivity index (χ1v) is 20.4. The predicted octanol–water partition coefficient (Wildman–Crippen LogP) is 15.4. The highest BCUT2D eigenvalue weighted by atomic mass is 16.3. The van der Waals surface area contributed by atoms with Crippen LogP contribution in [0, 0.1) is 0 Å². The van der Waals surface area contributed by atoms with E-state index in [1.165, 1.54) is 77.2 Å². The highest BCUT2D eigenvalue weighted by Crippen LogP contribution is 2.65. The molecule has 0 bridgehead atoms. The second kappa shape index (κ2) is 12.2. The van der Waals surface area contributed by atoms with Crippen molar-refractivity contribution in [3.05, 3.63) is 235 Å². The van der Waals surface area contributed by atoms with E-state index >= 15 is 0 Å². The third kappa shape index (κ3) is 4.51. The highest BCUT2D eigenvalue weighted by molar-refractivity contribution is 6.13. The molecule has 1 spiro atoms. The Hall–Kier alpha value is -7.68. The van der Waals surface area contributed by atoms with Crippen molar-refractivity contribution >= 4 is 60.5 Å². The summed E-state index contributed by atoms with van der Waals surface area (Å²) in [5.41, 5.74) is 17.1. The van der Waals surface area contributed by atoms with Crippen LogP contribution in [0.1, 0.15) is 22.3 Å². The summed E-state index contributed by atoms with van der Waals surface area (Å²) in [6, 6.07) is 78.2. The van der Waals surface area contributed by atoms with Crippen LogP contribution in [0.15, 0.2) is 217 Å². The fourth-order valence-corrected chi connectivity index (χ4v) is 10.5. The van der Waals surface area contributed by atoms with Crippen molar-refractivity contribution in [1.82, 2.24) is 0 Å². The first kappa shape index (κ1) is 32.4. The molecule has 2 heteroatoms. The van der Waals surface area contributed by atoms with E-state index in [1.54, 1.807) is 0 Å². The molecule has 11 aromatic rings. The number of anilines is 3. The summed E-state index contributed by atoms with van der Waals surface area (Å²) in [7, 11) is 0. The first-order valence-electron chi connectivity index (χ1n) is 20.4. The lowest BCUT2D eigenvalue weighted by Crippen LogP contribution is -2.26. The molecule has 0 amide bonds. The minimum absolute atomic E-state index is 0.594. The van der Waals surface area contributed by atoms with Gasteiger partial charge in [-0.05, 0) is 120 Å². The van der Waals surface area contributed by atoms with Gasteiger partial charge in [-0.15, -0.1) is 0 Å². The highest BCUT2D eigenvalue weighted by Gasteiger charge is 2.53. The average molecular weight is 750 g/mol. The quantitative estimate of drug-likeness (QED) is 0.178. The Balaban J connectivity index is 1.12. The Kier molecular flexibility index (Phi) is 6.68. The van der Waals surface area contributed by atoms with Crippen molar-refractivity contribution in [2.75, 3.05) is 4.90 Å². The molecule has 1 unspecified atom stereocenters. The molecule has 274 valence electrons. The molecule has 2 nitrogen and oxygen atoms in total. The van der Waals surface area contributed by atoms with Crippen LogP contribution in [-0.4, -0.2) is 0 Å². The van der Waals surface area contributed by atoms with Crippen LogP contribution in [0.25, 0.3) is 76.9 Å². The smallest absolute Gasteiger partial charge is 0.143 e. The molecular formula is C57H35NO. The fourth-order valence-electron chi connectivity index (χ4n) is 10.5. The summed E-state index contributed by atoms with van der Waals surface area (Å²) in [6.07, 6.45) is 0. The summed E-state index contributed by atoms with van der Waals surface area (Å²) in [4.78, 5) is 2.44. The van der Waals surface area contributed by atoms with Crippen molar-refractivity contribution in [3.8, 4) is 33.4 Å². The molecule has 1 heterocycles. The SMILES string of the molecule is c1ccc(-c2ccc3c(c2)C2(c4cc(N(c5ccc6ccccc6c5)c5ccc6ccccc6c5)ccc4-3)c3ccccc3-c3c2ccc2c3oc3ccccc32)cc1. The first-order chi connectivity index (χ1) is 29.2. The van der Waals surface area contributed by atoms with Crippen LogP contribution in [0.2, 0.25) is 0 Å². The van der Waals surface area contributed by atoms with E-state index in [9.17, 15) is 0 Å². The van der Waals surface area contributed by atoms with Gasteiger partial charge >= 0.3 is 0 Å². The standard InChI is InChI=1S/C57H35NO/c1-2-12-36(13-3-1)41-24-28-45-46-29-27-44(58(42-25-22-37-14-4-6-16-39(37)32-42)43-26-23-38-15-5-7-17-40(38)33-43)35-53(46)57(52(45)34-41)50-20-10-8-19-49(50)55-51(57)31-30-48-47-18-9-11-21-54(47)59-56(48)55/h1-35H. The van der Waals surface area contributed by atoms with Crippen LogP contribution < -0.4 is 4.90 Å². The van der Waals surface area contributed by atoms with Gasteiger partial charge in [-0.1, -0.05) is 164 Å². The van der Waals surface area contributed by atoms with Gasteiger partial charge in [0.1, 0.15) is 11.2 Å². The molecule has 0 N–H and O–H groups in total. The minimum Gasteiger partial charge on any atom is -0.455 e. The average Bonchev–Trinajstić information content (AvgIpc) is 3.93. The van der Waals surface area contributed by atoms with Gasteiger partial charge in [0.05, 0.1) is 5.41 Å². The molecule has 1 aromatic heterocycles. The van der Waals surface area contributed by atoms with E-state index in [2.05, 4.69) is 217 Å². The number of para-hydroxylation sites is 1. The molecule has 59 heavy (non-hydrogen) atoms. The second-order valence-corrected chi connectivity index (χ2v) is 16.0. The van der Waals surface area contributed by atoms with E-state index in [0.29, 0.717) is 0 Å². The van der Waals surface area contributed by atoms with E-state index in [-0.39, 0.29) is 0 Å². The number of rotatable bonds is 4. The third-order valence-electron chi connectivity index (χ3n) is 13.0. The Morgan fingerprint density at radius 2 is 0.932 bits per heavy atom. The van der Waals surface area contributed by atoms with Gasteiger partial charge in [0, 0.05) is 33.4 Å². The lowest BCUT2D eigenvalue weighted by Gasteiger charge is -2.32. The lowest BCUT2D eigenvalue weighted by molar-refractivity contribution is 0.669. The number of fused-ring (bicyclic) bond motifs is 16. The summed E-state index contributed by atoms with van der Waals surface area (Å²) < 4.78 is 6.86. The van der Waals surface area contributed by atoms with Crippen LogP contribution in [-0.2, 0) is 5.41 Å². The van der Waals surface area contributed by atoms with Crippen LogP contribution >= 0.6 is 0 Å². The molecule has 13 rings (SSSR count). The van der Waals surface area contributed by atoms with Gasteiger partial charge in [-0.3, -0.25) is 0 Å². The molecule has 0 aliphatic heterocycles. The van der Waals surface area contributed by atoms with Crippen LogP contribution in [0.4, 0.5) is 17.1 Å². The Morgan fingerprint density at radius 1 is 0.339 bits per heavy atom. The van der Waals surface area contributed by atoms with E-state index in [0.717, 1.165) is 39.0 Å². The maximum Gasteiger partial charge on any atom is 0.143 e. The normalized spacial score (nSPS) is 14.8. The van der Waals surface area contributed by atoms with Crippen molar-refractivity contribution < 1.29 is 4.42 Å². The van der Waals surface area contributed by atoms with Crippen molar-refractivity contribution in [2.24, 2.45) is 0 Å². The lowest BCUT2D eigenvalue weighted by atomic mass is 9.70. The zero-order valence-electron chi connectivity index (χ0n) is 32.1. The van der Waals surface area contributed by atoms with Crippen molar-refractivity contribution in [3.63, 3.8) is 0 Å². The van der Waals surface area contributed by atoms with Crippen molar-refractivity contribution in [1.29, 1.82) is 0 Å². The summed E-state index contributed by atoms with van der Waals surface area (Å²) >= 11 is 0. The molecule has 0 radical (unpaired) electrons. The van der Waals surface area contributed by atoms with Gasteiger partial charge in [0.15, 0.2) is 0 Å². The van der Waals surface area contributed by atoms with Crippen LogP contribution in [0.5, 0.6) is 0 Å². The van der Waals surface area contributed by atoms with Gasteiger partial charge < -0.3 is 9.32 Å². The summed E-state index contributed by atoms with van der Waals surface area (Å²) in [6.45, 7) is 0. The van der Waals surface area contributed by atoms with Gasteiger partial charge in [0.25, 0.3) is 0 Å². The van der Waals surface area contributed by atoms with Gasteiger partial charge in [-0.2, -0.15) is 0 Å². The molecule has 0 fully saturated rings. The minimum atomic E-state index is -0.594. The zero-order chi connectivity index (χ0) is 38.7. The molecule has 10 aromatic carbocycles. The van der Waals surface area contributed by atoms with Gasteiger partial charge in [0.2, 0.25) is 0 Å². The molecule has 2 aliphatic rings. The number of benzene rings is 10. The maximum atomic E-state index is 6.86. The Labute approximate surface area is 341 Å². The predicted molar refractivity (Wildman–Crippen MR) is 245 cm³/mol. The molecule has 1 atom stereocenters. The van der Waals surface area contributed by atoms with E-state index in [1.807, 2.05) is 0 Å². The molecule has 0 saturated carbocycles. The Bertz CT molecular complexity index is 3440. The number of nitrogens with zero attached hydrogens (tertiary/aromatic N) is 1. The topological polar surface area (TPSA) is 16.4 Å². The monoisotopic (exact) mass is 749 g/mol. The summed E-state index contributed by atoms with van der Waals surface area (Å²) in [5.74, 6) is 0. The van der Waals surface area contributed by atoms with E-state index in [4.69, 9.17) is 4.42 Å². The molecule has 2 aliphatic carbocycles. The fraction of sp³-hybridized carbons (Fsp3) is 0.0175. The zero-order valence-corrected chi connectivity index (χ0v) is 32.1. The third-order valence-corrected chi connectivity index (χ3v) is 13.0. The summed E-state index contributed by atoms with van der Waals surface area (Å²) in [5, 5.41) is 7.17. The van der Waals surface area contributed by atoms with Crippen molar-refractivity contribution in [2.45, 2.75) is 5.41 Å². The molecule has 0 saturated heterocycles. The number of furan rings is 1.